The van der Waals surface area contributed by atoms with Crippen LogP contribution in [0.1, 0.15) is 5.69 Å². The molecule has 0 saturated carbocycles. The summed E-state index contributed by atoms with van der Waals surface area (Å²) >= 11 is 5.78. The van der Waals surface area contributed by atoms with E-state index in [1.54, 1.807) is 31.2 Å². The second-order valence-electron chi connectivity index (χ2n) is 3.36. The number of nitrogens with zero attached hydrogens (tertiary/aromatic N) is 2. The highest BCUT2D eigenvalue weighted by Crippen LogP contribution is 2.15. The Bertz CT molecular complexity index is 580. The van der Waals surface area contributed by atoms with Gasteiger partial charge in [-0.25, -0.2) is 4.68 Å². The van der Waals surface area contributed by atoms with Gasteiger partial charge in [-0.3, -0.25) is 14.9 Å². The number of hydrogen-bond acceptors (Lipinski definition) is 2. The van der Waals surface area contributed by atoms with Crippen molar-refractivity contribution in [2.75, 3.05) is 0 Å². The van der Waals surface area contributed by atoms with Crippen LogP contribution in [0.5, 0.6) is 0 Å². The summed E-state index contributed by atoms with van der Waals surface area (Å²) in [5.41, 5.74) is 1.53. The molecule has 5 heteroatoms. The summed E-state index contributed by atoms with van der Waals surface area (Å²) in [4.78, 5) is 15.6. The molecule has 0 bridgehead atoms. The van der Waals surface area contributed by atoms with Crippen molar-refractivity contribution in [3.05, 3.63) is 45.3 Å². The molecule has 1 aromatic heterocycles. The maximum atomic E-state index is 11.9. The number of halogens is 1. The summed E-state index contributed by atoms with van der Waals surface area (Å²) in [6.07, 6.45) is 0. The van der Waals surface area contributed by atoms with Crippen LogP contribution >= 0.6 is 11.6 Å². The predicted octanol–water partition coefficient (Wildman–Crippen LogP) is 2.46. The molecule has 1 aromatic carbocycles. The number of nitrogens with one attached hydrogen (secondary N) is 1. The van der Waals surface area contributed by atoms with Crippen LogP contribution in [-0.4, -0.2) is 16.5 Å². The minimum absolute atomic E-state index is 0.213. The first kappa shape index (κ1) is 10.7. The highest BCUT2D eigenvalue weighted by molar-refractivity contribution is 6.30. The molecule has 0 atom stereocenters. The first-order chi connectivity index (χ1) is 7.63. The molecular formula is C11H10ClN3O. The second kappa shape index (κ2) is 3.98. The van der Waals surface area contributed by atoms with E-state index in [9.17, 15) is 4.79 Å². The van der Waals surface area contributed by atoms with E-state index in [1.807, 2.05) is 0 Å². The van der Waals surface area contributed by atoms with E-state index in [1.165, 1.54) is 4.68 Å². The average molecular weight is 236 g/mol. The van der Waals surface area contributed by atoms with Gasteiger partial charge >= 0.3 is 0 Å². The molecular weight excluding hydrogens is 226 g/mol. The fourth-order valence-electron chi connectivity index (χ4n) is 1.50. The van der Waals surface area contributed by atoms with Crippen molar-refractivity contribution in [2.24, 2.45) is 4.99 Å². The number of aryl methyl sites for hydroxylation is 1. The number of aromatic amines is 1. The molecule has 0 aliphatic rings. The van der Waals surface area contributed by atoms with E-state index in [0.717, 1.165) is 0 Å². The molecule has 0 aliphatic heterocycles. The van der Waals surface area contributed by atoms with Crippen LogP contribution in [0, 0.1) is 6.92 Å². The van der Waals surface area contributed by atoms with E-state index in [0.29, 0.717) is 22.1 Å². The van der Waals surface area contributed by atoms with Crippen molar-refractivity contribution in [2.45, 2.75) is 6.92 Å². The normalized spacial score (nSPS) is 10.4. The van der Waals surface area contributed by atoms with Crippen LogP contribution in [0.15, 0.2) is 34.1 Å². The van der Waals surface area contributed by atoms with Crippen molar-refractivity contribution in [3.63, 3.8) is 0 Å². The Morgan fingerprint density at radius 1 is 1.38 bits per heavy atom. The predicted molar refractivity (Wildman–Crippen MR) is 65.3 cm³/mol. The zero-order chi connectivity index (χ0) is 11.7. The Kier molecular flexibility index (Phi) is 2.66. The summed E-state index contributed by atoms with van der Waals surface area (Å²) in [7, 11) is 0. The molecule has 4 nitrogen and oxygen atoms in total. The summed E-state index contributed by atoms with van der Waals surface area (Å²) in [6, 6.07) is 6.96. The number of aliphatic imine (C=N–C) groups is 1. The van der Waals surface area contributed by atoms with Gasteiger partial charge in [0.1, 0.15) is 5.69 Å². The Morgan fingerprint density at radius 2 is 2.00 bits per heavy atom. The van der Waals surface area contributed by atoms with Crippen LogP contribution in [0.3, 0.4) is 0 Å². The molecule has 1 heterocycles. The van der Waals surface area contributed by atoms with Gasteiger partial charge in [0.15, 0.2) is 0 Å². The van der Waals surface area contributed by atoms with Crippen LogP contribution in [0.4, 0.5) is 5.69 Å². The van der Waals surface area contributed by atoms with E-state index in [-0.39, 0.29) is 5.56 Å². The third kappa shape index (κ3) is 1.67. The Labute approximate surface area is 97.2 Å². The zero-order valence-electron chi connectivity index (χ0n) is 8.70. The van der Waals surface area contributed by atoms with Crippen molar-refractivity contribution >= 4 is 24.0 Å². The largest absolute Gasteiger partial charge is 0.297 e. The van der Waals surface area contributed by atoms with E-state index in [2.05, 4.69) is 16.8 Å². The van der Waals surface area contributed by atoms with Gasteiger partial charge in [-0.05, 0) is 37.9 Å². The number of hydrogen-bond donors (Lipinski definition) is 1. The van der Waals surface area contributed by atoms with Gasteiger partial charge in [0.25, 0.3) is 5.56 Å². The highest BCUT2D eigenvalue weighted by Gasteiger charge is 2.10. The lowest BCUT2D eigenvalue weighted by atomic mass is 10.3. The van der Waals surface area contributed by atoms with E-state index < -0.39 is 0 Å². The number of aromatic nitrogens is 2. The van der Waals surface area contributed by atoms with Crippen molar-refractivity contribution < 1.29 is 0 Å². The summed E-state index contributed by atoms with van der Waals surface area (Å²) < 4.78 is 1.41. The maximum Gasteiger partial charge on any atom is 0.297 e. The fraction of sp³-hybridized carbons (Fsp3) is 0.0909. The second-order valence-corrected chi connectivity index (χ2v) is 3.80. The molecule has 16 heavy (non-hydrogen) atoms. The van der Waals surface area contributed by atoms with Gasteiger partial charge in [-0.2, -0.15) is 0 Å². The van der Waals surface area contributed by atoms with Gasteiger partial charge < -0.3 is 0 Å². The minimum Gasteiger partial charge on any atom is -0.293 e. The molecule has 0 amide bonds. The first-order valence-electron chi connectivity index (χ1n) is 4.68. The third-order valence-electron chi connectivity index (χ3n) is 2.28. The zero-order valence-corrected chi connectivity index (χ0v) is 9.45. The van der Waals surface area contributed by atoms with Gasteiger partial charge in [-0.15, -0.1) is 0 Å². The molecule has 0 spiro atoms. The summed E-state index contributed by atoms with van der Waals surface area (Å²) in [6.45, 7) is 5.14. The molecule has 82 valence electrons. The Morgan fingerprint density at radius 3 is 2.50 bits per heavy atom. The van der Waals surface area contributed by atoms with Gasteiger partial charge in [0, 0.05) is 5.02 Å². The lowest BCUT2D eigenvalue weighted by molar-refractivity contribution is 0.835. The molecule has 2 rings (SSSR count). The molecule has 0 fully saturated rings. The summed E-state index contributed by atoms with van der Waals surface area (Å²) in [5.74, 6) is 0. The van der Waals surface area contributed by atoms with Crippen LogP contribution < -0.4 is 5.56 Å². The molecule has 2 aromatic rings. The molecule has 0 radical (unpaired) electrons. The number of rotatable bonds is 2. The number of H-pyrrole nitrogens is 1. The highest BCUT2D eigenvalue weighted by atomic mass is 35.5. The Balaban J connectivity index is 2.61. The molecule has 0 saturated heterocycles. The molecule has 0 unspecified atom stereocenters. The lowest BCUT2D eigenvalue weighted by Gasteiger charge is -2.00. The SMILES string of the molecule is C=Nc1c(C)[nH]n(-c2ccc(Cl)cc2)c1=O. The standard InChI is InChI=1S/C11H10ClN3O/c1-7-10(13-2)11(16)15(14-7)9-5-3-8(12)4-6-9/h3-6,14H,2H2,1H3. The van der Waals surface area contributed by atoms with Gasteiger partial charge in [-0.1, -0.05) is 11.6 Å². The van der Waals surface area contributed by atoms with Crippen molar-refractivity contribution in [1.82, 2.24) is 9.78 Å². The smallest absolute Gasteiger partial charge is 0.293 e. The van der Waals surface area contributed by atoms with Crippen LogP contribution in [0.2, 0.25) is 5.02 Å². The third-order valence-corrected chi connectivity index (χ3v) is 2.54. The van der Waals surface area contributed by atoms with Crippen molar-refractivity contribution in [1.29, 1.82) is 0 Å². The fourth-order valence-corrected chi connectivity index (χ4v) is 1.62. The molecule has 0 aliphatic carbocycles. The molecule has 1 N–H and O–H groups in total. The monoisotopic (exact) mass is 235 g/mol. The van der Waals surface area contributed by atoms with E-state index in [4.69, 9.17) is 11.6 Å². The van der Waals surface area contributed by atoms with Crippen molar-refractivity contribution in [3.8, 4) is 5.69 Å². The van der Waals surface area contributed by atoms with E-state index >= 15 is 0 Å². The minimum atomic E-state index is -0.213. The van der Waals surface area contributed by atoms with Gasteiger partial charge in [0.05, 0.1) is 11.4 Å². The number of benzene rings is 1. The van der Waals surface area contributed by atoms with Crippen LogP contribution in [0.25, 0.3) is 5.69 Å². The van der Waals surface area contributed by atoms with Gasteiger partial charge in [0.2, 0.25) is 0 Å². The van der Waals surface area contributed by atoms with Crippen LogP contribution in [-0.2, 0) is 0 Å². The maximum absolute atomic E-state index is 11.9. The quantitative estimate of drug-likeness (QED) is 0.799. The average Bonchev–Trinajstić information content (AvgIpc) is 2.55. The lowest BCUT2D eigenvalue weighted by Crippen LogP contribution is -2.13. The summed E-state index contributed by atoms with van der Waals surface area (Å²) in [5, 5.41) is 3.55. The topological polar surface area (TPSA) is 50.1 Å². The Hall–Kier alpha value is -1.81. The first-order valence-corrected chi connectivity index (χ1v) is 5.05.